The molecule has 3 aromatic carbocycles. The van der Waals surface area contributed by atoms with Crippen molar-refractivity contribution in [2.45, 2.75) is 6.92 Å². The molecule has 1 aromatic heterocycles. The van der Waals surface area contributed by atoms with Crippen LogP contribution in [0.1, 0.15) is 5.56 Å². The molecular formula is C21H19F6N2P. The molecule has 1 heterocycles. The van der Waals surface area contributed by atoms with Gasteiger partial charge in [-0.25, -0.2) is 0 Å². The van der Waals surface area contributed by atoms with Gasteiger partial charge >= 0.3 is 33.0 Å². The molecular weight excluding hydrogens is 425 g/mol. The molecule has 0 fully saturated rings. The number of para-hydroxylation sites is 1. The average molecular weight is 444 g/mol. The Morgan fingerprint density at radius 2 is 1.33 bits per heavy atom. The van der Waals surface area contributed by atoms with Crippen LogP contribution in [0.2, 0.25) is 0 Å². The van der Waals surface area contributed by atoms with Gasteiger partial charge in [0.1, 0.15) is 11.2 Å². The normalized spacial score (nSPS) is 13.9. The molecule has 160 valence electrons. The third-order valence-electron chi connectivity index (χ3n) is 4.27. The summed E-state index contributed by atoms with van der Waals surface area (Å²) >= 11 is 0. The predicted octanol–water partition coefficient (Wildman–Crippen LogP) is 7.81. The van der Waals surface area contributed by atoms with Crippen LogP contribution in [0.5, 0.6) is 0 Å². The molecule has 0 N–H and O–H groups in total. The Balaban J connectivity index is 0.000000318. The first kappa shape index (κ1) is 21.8. The second-order valence-electron chi connectivity index (χ2n) is 6.95. The number of nitrogens with zero attached hydrogens (tertiary/aromatic N) is 2. The average Bonchev–Trinajstić information content (AvgIpc) is 2.95. The predicted molar refractivity (Wildman–Crippen MR) is 108 cm³/mol. The van der Waals surface area contributed by atoms with Crippen molar-refractivity contribution in [3.63, 3.8) is 0 Å². The van der Waals surface area contributed by atoms with Crippen molar-refractivity contribution >= 4 is 18.7 Å². The fourth-order valence-electron chi connectivity index (χ4n) is 3.16. The van der Waals surface area contributed by atoms with E-state index < -0.39 is 7.81 Å². The fourth-order valence-corrected chi connectivity index (χ4v) is 3.16. The fraction of sp³-hybridized carbons (Fsp3) is 0.0952. The van der Waals surface area contributed by atoms with Gasteiger partial charge in [-0.3, -0.25) is 0 Å². The van der Waals surface area contributed by atoms with Gasteiger partial charge in [0.2, 0.25) is 6.20 Å². The Bertz CT molecular complexity index is 1190. The summed E-state index contributed by atoms with van der Waals surface area (Å²) < 4.78 is 63.6. The van der Waals surface area contributed by atoms with E-state index in [1.807, 2.05) is 0 Å². The molecule has 30 heavy (non-hydrogen) atoms. The van der Waals surface area contributed by atoms with Gasteiger partial charge in [-0.1, -0.05) is 54.1 Å². The maximum absolute atomic E-state index is 10.7. The number of hydrogen-bond acceptors (Lipinski definition) is 0. The van der Waals surface area contributed by atoms with Crippen LogP contribution in [0.15, 0.2) is 79.0 Å². The second-order valence-corrected chi connectivity index (χ2v) is 8.86. The van der Waals surface area contributed by atoms with Crippen LogP contribution in [-0.4, -0.2) is 4.68 Å². The van der Waals surface area contributed by atoms with Crippen molar-refractivity contribution in [2.24, 2.45) is 7.05 Å². The maximum atomic E-state index is 9.87. The molecule has 0 aliphatic rings. The minimum absolute atomic E-state index is 1.17. The summed E-state index contributed by atoms with van der Waals surface area (Å²) in [6, 6.07) is 25.8. The van der Waals surface area contributed by atoms with Crippen LogP contribution >= 0.6 is 7.81 Å². The summed E-state index contributed by atoms with van der Waals surface area (Å²) in [6.07, 6.45) is 2.16. The monoisotopic (exact) mass is 444 g/mol. The van der Waals surface area contributed by atoms with Gasteiger partial charge in [-0.2, -0.15) is 0 Å². The van der Waals surface area contributed by atoms with E-state index in [0.717, 1.165) is 0 Å². The van der Waals surface area contributed by atoms with Gasteiger partial charge in [0.15, 0.2) is 7.05 Å². The topological polar surface area (TPSA) is 8.81 Å². The molecule has 9 heteroatoms. The van der Waals surface area contributed by atoms with Gasteiger partial charge in [0.25, 0.3) is 0 Å². The SMILES string of the molecule is Cc1cccc(-c2ccc(-n3c4ccccc4c[n+]3C)cc2)c1.F[P-](F)(F)(F)(F)F. The van der Waals surface area contributed by atoms with Crippen molar-refractivity contribution in [3.8, 4) is 16.8 Å². The Hall–Kier alpha value is -2.86. The van der Waals surface area contributed by atoms with Crippen LogP contribution in [0.4, 0.5) is 25.2 Å². The van der Waals surface area contributed by atoms with Crippen LogP contribution in [0.3, 0.4) is 0 Å². The Morgan fingerprint density at radius 3 is 1.93 bits per heavy atom. The molecule has 0 spiro atoms. The Morgan fingerprint density at radius 1 is 0.733 bits per heavy atom. The molecule has 4 aromatic rings. The quantitative estimate of drug-likeness (QED) is 0.169. The molecule has 0 amide bonds. The number of halogens is 6. The van der Waals surface area contributed by atoms with E-state index in [2.05, 4.69) is 102 Å². The number of fused-ring (bicyclic) bond motifs is 1. The standard InChI is InChI=1S/C21H19N2.F6P/c1-16-6-5-8-18(14-16)17-10-12-20(13-11-17)23-21-9-4-3-7-19(21)15-22(23)2;1-7(2,3,4,5)6/h3-15H,1-2H3;/q+1;-1. The van der Waals surface area contributed by atoms with Gasteiger partial charge < -0.3 is 0 Å². The first-order valence-corrected chi connectivity index (χ1v) is 10.9. The van der Waals surface area contributed by atoms with Crippen molar-refractivity contribution in [1.29, 1.82) is 0 Å². The molecule has 4 rings (SSSR count). The summed E-state index contributed by atoms with van der Waals surface area (Å²) in [5.74, 6) is 0. The van der Waals surface area contributed by atoms with Crippen molar-refractivity contribution in [2.75, 3.05) is 0 Å². The van der Waals surface area contributed by atoms with E-state index in [4.69, 9.17) is 0 Å². The van der Waals surface area contributed by atoms with E-state index in [1.165, 1.54) is 33.3 Å². The van der Waals surface area contributed by atoms with E-state index in [1.54, 1.807) is 0 Å². The van der Waals surface area contributed by atoms with E-state index >= 15 is 0 Å². The number of rotatable bonds is 2. The molecule has 0 atom stereocenters. The third-order valence-corrected chi connectivity index (χ3v) is 4.27. The van der Waals surface area contributed by atoms with E-state index in [9.17, 15) is 25.2 Å². The van der Waals surface area contributed by atoms with Crippen LogP contribution in [0.25, 0.3) is 27.7 Å². The van der Waals surface area contributed by atoms with Crippen molar-refractivity contribution in [3.05, 3.63) is 84.6 Å². The van der Waals surface area contributed by atoms with Crippen molar-refractivity contribution < 1.29 is 29.9 Å². The van der Waals surface area contributed by atoms with Crippen LogP contribution < -0.4 is 4.68 Å². The molecule has 0 unspecified atom stereocenters. The molecule has 0 radical (unpaired) electrons. The van der Waals surface area contributed by atoms with E-state index in [0.29, 0.717) is 0 Å². The minimum atomic E-state index is -10.7. The van der Waals surface area contributed by atoms with E-state index in [-0.39, 0.29) is 0 Å². The summed E-state index contributed by atoms with van der Waals surface area (Å²) in [5, 5.41) is 1.25. The zero-order valence-corrected chi connectivity index (χ0v) is 17.0. The molecule has 0 aliphatic heterocycles. The number of aromatic nitrogens is 2. The molecule has 2 nitrogen and oxygen atoms in total. The summed E-state index contributed by atoms with van der Waals surface area (Å²) in [6.45, 7) is 2.13. The number of hydrogen-bond donors (Lipinski definition) is 0. The first-order chi connectivity index (χ1) is 13.7. The number of benzene rings is 3. The zero-order chi connectivity index (χ0) is 22.2. The summed E-state index contributed by atoms with van der Waals surface area (Å²) in [7, 11) is -8.58. The molecule has 0 saturated heterocycles. The second kappa shape index (κ2) is 6.84. The first-order valence-electron chi connectivity index (χ1n) is 8.88. The van der Waals surface area contributed by atoms with Gasteiger partial charge in [0, 0.05) is 0 Å². The molecule has 0 bridgehead atoms. The molecule has 0 aliphatic carbocycles. The summed E-state index contributed by atoms with van der Waals surface area (Å²) in [4.78, 5) is 0. The van der Waals surface area contributed by atoms with Gasteiger partial charge in [0.05, 0.1) is 5.39 Å². The summed E-state index contributed by atoms with van der Waals surface area (Å²) in [5.41, 5.74) is 6.19. The van der Waals surface area contributed by atoms with Gasteiger partial charge in [-0.15, -0.1) is 9.36 Å². The van der Waals surface area contributed by atoms with Crippen LogP contribution in [0, 0.1) is 6.92 Å². The van der Waals surface area contributed by atoms with Crippen molar-refractivity contribution in [1.82, 2.24) is 4.68 Å². The van der Waals surface area contributed by atoms with Crippen LogP contribution in [-0.2, 0) is 7.05 Å². The third kappa shape index (κ3) is 6.32. The van der Waals surface area contributed by atoms with Gasteiger partial charge in [-0.05, 0) is 42.3 Å². The number of aryl methyl sites for hydroxylation is 2. The Labute approximate surface area is 169 Å². The molecule has 0 saturated carbocycles. The Kier molecular flexibility index (Phi) is 4.98. The zero-order valence-electron chi connectivity index (χ0n) is 16.1.